The van der Waals surface area contributed by atoms with Crippen molar-refractivity contribution in [3.8, 4) is 11.5 Å². The maximum absolute atomic E-state index is 12.2. The van der Waals surface area contributed by atoms with Crippen molar-refractivity contribution < 1.29 is 14.3 Å². The Hall–Kier alpha value is -3.68. The maximum atomic E-state index is 12.2. The van der Waals surface area contributed by atoms with Gasteiger partial charge in [0.2, 0.25) is 0 Å². The molecule has 0 saturated carbocycles. The Kier molecular flexibility index (Phi) is 6.01. The molecule has 28 heavy (non-hydrogen) atoms. The second kappa shape index (κ2) is 8.81. The van der Waals surface area contributed by atoms with E-state index in [1.807, 2.05) is 38.1 Å². The van der Waals surface area contributed by atoms with Crippen LogP contribution in [0.4, 0.5) is 5.69 Å². The van der Waals surface area contributed by atoms with Gasteiger partial charge in [0.1, 0.15) is 12.7 Å². The van der Waals surface area contributed by atoms with E-state index in [-0.39, 0.29) is 12.5 Å². The van der Waals surface area contributed by atoms with Gasteiger partial charge in [-0.15, -0.1) is 10.2 Å². The molecule has 0 unspecified atom stereocenters. The first kappa shape index (κ1) is 19.1. The molecule has 0 atom stereocenters. The van der Waals surface area contributed by atoms with Crippen LogP contribution in [0.15, 0.2) is 54.2 Å². The molecular weight excluding hydrogens is 358 g/mol. The minimum atomic E-state index is -0.243. The summed E-state index contributed by atoms with van der Waals surface area (Å²) in [6.45, 7) is 3.83. The van der Waals surface area contributed by atoms with Gasteiger partial charge in [0.05, 0.1) is 13.3 Å². The van der Waals surface area contributed by atoms with Gasteiger partial charge in [-0.05, 0) is 49.2 Å². The van der Waals surface area contributed by atoms with E-state index in [2.05, 4.69) is 20.6 Å². The van der Waals surface area contributed by atoms with Crippen molar-refractivity contribution in [1.82, 2.24) is 14.9 Å². The van der Waals surface area contributed by atoms with Crippen LogP contribution >= 0.6 is 0 Å². The molecule has 0 radical (unpaired) electrons. The van der Waals surface area contributed by atoms with Crippen molar-refractivity contribution in [3.63, 3.8) is 0 Å². The van der Waals surface area contributed by atoms with Crippen molar-refractivity contribution in [2.75, 3.05) is 19.0 Å². The molecule has 8 heteroatoms. The molecule has 1 heterocycles. The van der Waals surface area contributed by atoms with Gasteiger partial charge in [0.15, 0.2) is 18.1 Å². The van der Waals surface area contributed by atoms with Gasteiger partial charge in [-0.25, -0.2) is 4.68 Å². The first-order valence-electron chi connectivity index (χ1n) is 8.62. The number of aromatic nitrogens is 3. The van der Waals surface area contributed by atoms with Gasteiger partial charge < -0.3 is 14.8 Å². The molecule has 3 aromatic rings. The van der Waals surface area contributed by atoms with Crippen LogP contribution in [-0.2, 0) is 4.79 Å². The van der Waals surface area contributed by atoms with E-state index in [0.29, 0.717) is 11.5 Å². The Morgan fingerprint density at radius 3 is 2.64 bits per heavy atom. The third-order valence-corrected chi connectivity index (χ3v) is 3.95. The Labute approximate surface area is 162 Å². The number of benzene rings is 2. The fraction of sp³-hybridized carbons (Fsp3) is 0.200. The first-order chi connectivity index (χ1) is 13.5. The van der Waals surface area contributed by atoms with Gasteiger partial charge in [-0.3, -0.25) is 4.79 Å². The predicted molar refractivity (Wildman–Crippen MR) is 106 cm³/mol. The number of hydrogen-bond acceptors (Lipinski definition) is 6. The zero-order chi connectivity index (χ0) is 19.9. The third kappa shape index (κ3) is 4.94. The van der Waals surface area contributed by atoms with Gasteiger partial charge in [0, 0.05) is 5.69 Å². The van der Waals surface area contributed by atoms with Crippen LogP contribution in [0.1, 0.15) is 16.7 Å². The van der Waals surface area contributed by atoms with Crippen LogP contribution < -0.4 is 14.8 Å². The third-order valence-electron chi connectivity index (χ3n) is 3.95. The zero-order valence-corrected chi connectivity index (χ0v) is 15.9. The minimum Gasteiger partial charge on any atom is -0.493 e. The molecule has 0 aliphatic carbocycles. The van der Waals surface area contributed by atoms with Crippen LogP contribution in [0.25, 0.3) is 0 Å². The number of amides is 1. The van der Waals surface area contributed by atoms with Crippen molar-refractivity contribution >= 4 is 17.8 Å². The summed E-state index contributed by atoms with van der Waals surface area (Å²) >= 11 is 0. The minimum absolute atomic E-state index is 0.127. The summed E-state index contributed by atoms with van der Waals surface area (Å²) in [5.41, 5.74) is 3.72. The molecule has 1 amide bonds. The quantitative estimate of drug-likeness (QED) is 0.638. The molecule has 2 aromatic carbocycles. The van der Waals surface area contributed by atoms with E-state index in [1.54, 1.807) is 25.5 Å². The lowest BCUT2D eigenvalue weighted by Crippen LogP contribution is -2.20. The maximum Gasteiger partial charge on any atom is 0.262 e. The number of nitrogens with one attached hydrogen (secondary N) is 1. The van der Waals surface area contributed by atoms with Crippen molar-refractivity contribution in [1.29, 1.82) is 0 Å². The molecule has 1 aromatic heterocycles. The summed E-state index contributed by atoms with van der Waals surface area (Å²) in [5, 5.41) is 14.4. The van der Waals surface area contributed by atoms with Gasteiger partial charge in [0.25, 0.3) is 5.91 Å². The largest absolute Gasteiger partial charge is 0.493 e. The summed E-state index contributed by atoms with van der Waals surface area (Å²) in [6, 6.07) is 11.2. The number of methoxy groups -OCH3 is 1. The predicted octanol–water partition coefficient (Wildman–Crippen LogP) is 2.80. The molecular formula is C20H21N5O3. The molecule has 0 bridgehead atoms. The van der Waals surface area contributed by atoms with Gasteiger partial charge in [-0.2, -0.15) is 5.10 Å². The van der Waals surface area contributed by atoms with E-state index in [4.69, 9.17) is 9.47 Å². The summed E-state index contributed by atoms with van der Waals surface area (Å²) in [6.07, 6.45) is 4.61. The smallest absolute Gasteiger partial charge is 0.262 e. The number of aryl methyl sites for hydroxylation is 2. The number of anilines is 1. The molecule has 144 valence electrons. The number of carbonyl (C=O) groups excluding carboxylic acids is 1. The Bertz CT molecular complexity index is 984. The molecule has 1 N–H and O–H groups in total. The van der Waals surface area contributed by atoms with Crippen molar-refractivity contribution in [2.45, 2.75) is 13.8 Å². The van der Waals surface area contributed by atoms with Crippen LogP contribution in [0.2, 0.25) is 0 Å². The normalized spacial score (nSPS) is 10.8. The van der Waals surface area contributed by atoms with E-state index >= 15 is 0 Å². The molecule has 0 saturated heterocycles. The molecule has 0 aliphatic rings. The lowest BCUT2D eigenvalue weighted by Gasteiger charge is -2.12. The number of ether oxygens (including phenoxy) is 2. The molecule has 0 fully saturated rings. The lowest BCUT2D eigenvalue weighted by molar-refractivity contribution is -0.118. The van der Waals surface area contributed by atoms with Crippen LogP contribution in [0, 0.1) is 13.8 Å². The van der Waals surface area contributed by atoms with Crippen molar-refractivity contribution in [3.05, 3.63) is 65.7 Å². The van der Waals surface area contributed by atoms with E-state index in [1.165, 1.54) is 17.3 Å². The number of nitrogens with zero attached hydrogens (tertiary/aromatic N) is 4. The van der Waals surface area contributed by atoms with Gasteiger partial charge >= 0.3 is 0 Å². The second-order valence-corrected chi connectivity index (χ2v) is 6.15. The standard InChI is InChI=1S/C20H21N5O3/c1-14-4-6-17(15(2)8-14)24-20(26)11-28-18-7-5-16(9-19(18)27-3)10-23-25-12-21-22-13-25/h4-10,12-13H,11H2,1-3H3,(H,24,26)/b23-10+. The Balaban J connectivity index is 1.62. The number of carbonyl (C=O) groups is 1. The van der Waals surface area contributed by atoms with Crippen molar-refractivity contribution in [2.24, 2.45) is 5.10 Å². The highest BCUT2D eigenvalue weighted by Gasteiger charge is 2.10. The molecule has 0 aliphatic heterocycles. The number of hydrogen-bond donors (Lipinski definition) is 1. The monoisotopic (exact) mass is 379 g/mol. The highest BCUT2D eigenvalue weighted by molar-refractivity contribution is 5.92. The summed E-state index contributed by atoms with van der Waals surface area (Å²) in [7, 11) is 1.54. The fourth-order valence-corrected chi connectivity index (χ4v) is 2.56. The Morgan fingerprint density at radius 1 is 1.14 bits per heavy atom. The summed E-state index contributed by atoms with van der Waals surface area (Å²) < 4.78 is 12.5. The SMILES string of the molecule is COc1cc(/C=N/n2cnnc2)ccc1OCC(=O)Nc1ccc(C)cc1C. The van der Waals surface area contributed by atoms with Gasteiger partial charge in [-0.1, -0.05) is 17.7 Å². The Morgan fingerprint density at radius 2 is 1.93 bits per heavy atom. The highest BCUT2D eigenvalue weighted by atomic mass is 16.5. The lowest BCUT2D eigenvalue weighted by atomic mass is 10.1. The number of rotatable bonds is 7. The van der Waals surface area contributed by atoms with E-state index in [0.717, 1.165) is 22.4 Å². The molecule has 3 rings (SSSR count). The van der Waals surface area contributed by atoms with Crippen LogP contribution in [0.5, 0.6) is 11.5 Å². The summed E-state index contributed by atoms with van der Waals surface area (Å²) in [4.78, 5) is 12.2. The van der Waals surface area contributed by atoms with Crippen LogP contribution in [-0.4, -0.2) is 40.7 Å². The first-order valence-corrected chi connectivity index (χ1v) is 8.62. The molecule has 8 nitrogen and oxygen atoms in total. The average molecular weight is 379 g/mol. The van der Waals surface area contributed by atoms with Crippen LogP contribution in [0.3, 0.4) is 0 Å². The van der Waals surface area contributed by atoms with E-state index in [9.17, 15) is 4.79 Å². The zero-order valence-electron chi connectivity index (χ0n) is 15.9. The average Bonchev–Trinajstić information content (AvgIpc) is 3.21. The molecule has 0 spiro atoms. The highest BCUT2D eigenvalue weighted by Crippen LogP contribution is 2.27. The topological polar surface area (TPSA) is 90.6 Å². The second-order valence-electron chi connectivity index (χ2n) is 6.15. The van der Waals surface area contributed by atoms with E-state index < -0.39 is 0 Å². The summed E-state index contributed by atoms with van der Waals surface area (Å²) in [5.74, 6) is 0.735. The fourth-order valence-electron chi connectivity index (χ4n) is 2.56.